The summed E-state index contributed by atoms with van der Waals surface area (Å²) in [6.45, 7) is 4.65. The molecule has 1 aliphatic carbocycles. The number of para-hydroxylation sites is 2. The zero-order valence-electron chi connectivity index (χ0n) is 51.0. The van der Waals surface area contributed by atoms with Crippen molar-refractivity contribution in [3.63, 3.8) is 0 Å². The van der Waals surface area contributed by atoms with E-state index in [0.717, 1.165) is 5.56 Å². The number of hydrogen-bond acceptors (Lipinski definition) is 20. The molecule has 3 amide bonds. The van der Waals surface area contributed by atoms with E-state index in [1.165, 1.54) is 56.9 Å². The summed E-state index contributed by atoms with van der Waals surface area (Å²) in [6.07, 6.45) is 3.53. The molecule has 3 atom stereocenters. The molecule has 27 heteroatoms. The van der Waals surface area contributed by atoms with Crippen molar-refractivity contribution >= 4 is 63.0 Å². The highest BCUT2D eigenvalue weighted by molar-refractivity contribution is 7.92. The fourth-order valence-electron chi connectivity index (χ4n) is 10.6. The van der Waals surface area contributed by atoms with Crippen molar-refractivity contribution in [1.29, 1.82) is 0 Å². The fraction of sp³-hybridized carbons (Fsp3) is 0.273. The predicted octanol–water partition coefficient (Wildman–Crippen LogP) is 10.6. The third kappa shape index (κ3) is 15.9. The number of anilines is 4. The number of hydrogen-bond donors (Lipinski definition) is 6. The lowest BCUT2D eigenvalue weighted by Gasteiger charge is -2.24. The zero-order chi connectivity index (χ0) is 65.8. The van der Waals surface area contributed by atoms with Crippen molar-refractivity contribution in [2.45, 2.75) is 75.0 Å². The van der Waals surface area contributed by atoms with Crippen molar-refractivity contribution in [2.24, 2.45) is 5.92 Å². The van der Waals surface area contributed by atoms with Crippen LogP contribution in [0.25, 0.3) is 11.6 Å². The first kappa shape index (κ1) is 64.9. The quantitative estimate of drug-likeness (QED) is 0.0261. The molecule has 8 aromatic rings. The molecule has 0 saturated heterocycles. The van der Waals surface area contributed by atoms with E-state index in [0.29, 0.717) is 64.5 Å². The Morgan fingerprint density at radius 3 is 2.05 bits per heavy atom. The van der Waals surface area contributed by atoms with Gasteiger partial charge in [-0.15, -0.1) is 0 Å². The van der Waals surface area contributed by atoms with Crippen LogP contribution in [0.15, 0.2) is 145 Å². The van der Waals surface area contributed by atoms with Crippen molar-refractivity contribution in [1.82, 2.24) is 24.9 Å². The second-order valence-corrected chi connectivity index (χ2v) is 24.0. The van der Waals surface area contributed by atoms with E-state index in [2.05, 4.69) is 45.6 Å². The van der Waals surface area contributed by atoms with E-state index in [1.807, 2.05) is 20.8 Å². The molecule has 1 aliphatic heterocycles. The molecule has 0 spiro atoms. The monoisotopic (exact) mass is 1290 g/mol. The molecule has 6 N–H and O–H groups in total. The van der Waals surface area contributed by atoms with Crippen LogP contribution in [-0.2, 0) is 39.4 Å². The average Bonchev–Trinajstić information content (AvgIpc) is 1.59. The fourth-order valence-corrected chi connectivity index (χ4v) is 11.6. The number of aliphatic carboxylic acids is 2. The van der Waals surface area contributed by atoms with Crippen LogP contribution in [-0.4, -0.2) is 114 Å². The highest BCUT2D eigenvalue weighted by Gasteiger charge is 2.48. The zero-order valence-corrected chi connectivity index (χ0v) is 51.9. The molecule has 2 aliphatic rings. The first-order chi connectivity index (χ1) is 44.7. The number of amides is 3. The van der Waals surface area contributed by atoms with Gasteiger partial charge >= 0.3 is 18.0 Å². The predicted molar refractivity (Wildman–Crippen MR) is 337 cm³/mol. The molecule has 93 heavy (non-hydrogen) atoms. The van der Waals surface area contributed by atoms with E-state index >= 15 is 0 Å². The Morgan fingerprint density at radius 1 is 0.634 bits per heavy atom. The minimum atomic E-state index is -4.33. The Balaban J connectivity index is 0.737. The number of pyridine rings is 1. The molecule has 0 unspecified atom stereocenters. The summed E-state index contributed by atoms with van der Waals surface area (Å²) in [5.74, 6) is -4.59. The smallest absolute Gasteiger partial charge is 0.412 e. The lowest BCUT2D eigenvalue weighted by Crippen LogP contribution is -2.24. The number of unbranched alkanes of at least 4 members (excludes halogenated alkanes) is 2. The third-order valence-electron chi connectivity index (χ3n) is 15.0. The summed E-state index contributed by atoms with van der Waals surface area (Å²) >= 11 is 0. The Labute approximate surface area is 534 Å². The summed E-state index contributed by atoms with van der Waals surface area (Å²) < 4.78 is 76.2. The molecular formula is C66H65N9O17S. The van der Waals surface area contributed by atoms with E-state index in [-0.39, 0.29) is 113 Å². The van der Waals surface area contributed by atoms with E-state index < -0.39 is 52.4 Å². The van der Waals surface area contributed by atoms with Gasteiger partial charge in [0, 0.05) is 54.4 Å². The van der Waals surface area contributed by atoms with Crippen LogP contribution >= 0.6 is 0 Å². The summed E-state index contributed by atoms with van der Waals surface area (Å²) in [6, 6.07) is 34.5. The van der Waals surface area contributed by atoms with Gasteiger partial charge in [0.1, 0.15) is 36.3 Å². The van der Waals surface area contributed by atoms with E-state index in [1.54, 1.807) is 97.1 Å². The van der Waals surface area contributed by atoms with Gasteiger partial charge in [-0.3, -0.25) is 24.4 Å². The number of carbonyl (C=O) groups is 5. The minimum Gasteiger partial charge on any atom is -0.497 e. The Morgan fingerprint density at radius 2 is 1.34 bits per heavy atom. The topological polar surface area (TPSA) is 346 Å². The number of fused-ring (bicyclic) bond motifs is 2. The Kier molecular flexibility index (Phi) is 20.1. The van der Waals surface area contributed by atoms with E-state index in [4.69, 9.17) is 37.9 Å². The van der Waals surface area contributed by atoms with Crippen LogP contribution in [0.4, 0.5) is 27.9 Å². The summed E-state index contributed by atoms with van der Waals surface area (Å²) in [4.78, 5) is 86.5. The number of rotatable bonds is 27. The highest BCUT2D eigenvalue weighted by atomic mass is 32.2. The van der Waals surface area contributed by atoms with Gasteiger partial charge in [-0.05, 0) is 113 Å². The maximum atomic E-state index is 14.0. The van der Waals surface area contributed by atoms with Crippen molar-refractivity contribution < 1.29 is 80.5 Å². The second kappa shape index (κ2) is 28.8. The van der Waals surface area contributed by atoms with Gasteiger partial charge in [0.15, 0.2) is 41.2 Å². The number of sulfonamides is 1. The first-order valence-corrected chi connectivity index (χ1v) is 30.8. The van der Waals surface area contributed by atoms with Crippen molar-refractivity contribution in [3.8, 4) is 57.8 Å². The maximum Gasteiger partial charge on any atom is 0.412 e. The van der Waals surface area contributed by atoms with E-state index in [9.17, 15) is 42.6 Å². The third-order valence-corrected chi connectivity index (χ3v) is 16.3. The Bertz CT molecular complexity index is 4190. The van der Waals surface area contributed by atoms with Crippen molar-refractivity contribution in [2.75, 3.05) is 61.5 Å². The van der Waals surface area contributed by atoms with Crippen LogP contribution in [0.1, 0.15) is 92.5 Å². The van der Waals surface area contributed by atoms with Crippen LogP contribution in [0.5, 0.6) is 46.1 Å². The number of ether oxygens (including phenoxy) is 8. The molecule has 10 rings (SSSR count). The van der Waals surface area contributed by atoms with Crippen LogP contribution < -0.4 is 53.8 Å². The molecule has 0 radical (unpaired) electrons. The molecule has 26 nitrogen and oxygen atoms in total. The number of carboxylic acids is 2. The standard InChI is InChI=1S/C66H65N9O17S/c1-66(2,3)39-20-24-42(25-21-39)93(83,84)75-60-59(92-48-14-10-9-13-46(48)86-5)63(74-62(73-60)61-67-29-12-30-68-61)87-31-32-88-65(82)72-52-16-11-15-51(70-52)71-54(77)18-8-6-7-17-53(76)69-40-22-26-43-45(34-40)57(44-27-23-41(85-4)35-49(44)89-36-55(78)79)58(64(80)81)56(43)38-19-28-47-50(33-38)91-37-90-47/h9-16,19-30,33-35,56-58H,6-8,17-18,31-32,36-37H2,1-5H3,(H,69,76)(H,78,79)(H,80,81)(H,73,74,75)(H2,70,71,72,77,82)/t56-,57+,58+/m0/s1. The van der Waals surface area contributed by atoms with Crippen LogP contribution in [0.2, 0.25) is 0 Å². The normalized spacial score (nSPS) is 14.6. The molecule has 482 valence electrons. The van der Waals surface area contributed by atoms with Gasteiger partial charge in [0.2, 0.25) is 30.2 Å². The lowest BCUT2D eigenvalue weighted by atomic mass is 9.79. The summed E-state index contributed by atoms with van der Waals surface area (Å²) in [5.41, 5.74) is 3.39. The van der Waals surface area contributed by atoms with Crippen LogP contribution in [0, 0.1) is 5.92 Å². The molecule has 0 fully saturated rings. The molecular weight excluding hydrogens is 1220 g/mol. The van der Waals surface area contributed by atoms with Gasteiger partial charge in [-0.1, -0.05) is 75.7 Å². The van der Waals surface area contributed by atoms with Crippen LogP contribution in [0.3, 0.4) is 0 Å². The number of nitrogens with zero attached hydrogens (tertiary/aromatic N) is 5. The summed E-state index contributed by atoms with van der Waals surface area (Å²) in [7, 11) is -1.46. The first-order valence-electron chi connectivity index (χ1n) is 29.3. The van der Waals surface area contributed by atoms with Gasteiger partial charge in [0.25, 0.3) is 15.9 Å². The maximum absolute atomic E-state index is 14.0. The van der Waals surface area contributed by atoms with Gasteiger partial charge in [-0.25, -0.2) is 37.9 Å². The van der Waals surface area contributed by atoms with Gasteiger partial charge < -0.3 is 58.7 Å². The SMILES string of the molecule is COc1ccc([C@@H]2c3cc(NC(=O)CCCCCC(=O)Nc4cccc(NC(=O)OCCOc5nc(-c6ncccn6)nc(NS(=O)(=O)c6ccc(C(C)(C)C)cc6)c5Oc5ccccc5OC)n4)ccc3[C@H](c3ccc4c(c3)OCO4)[C@H]2C(=O)O)c(OCC(=O)O)c1. The number of carbonyl (C=O) groups excluding carboxylic acids is 3. The number of carboxylic acid groups (broad SMARTS) is 2. The minimum absolute atomic E-state index is 0.0180. The number of nitrogens with one attached hydrogen (secondary N) is 4. The van der Waals surface area contributed by atoms with Gasteiger partial charge in [0.05, 0.1) is 25.0 Å². The summed E-state index contributed by atoms with van der Waals surface area (Å²) in [5, 5.41) is 28.7. The average molecular weight is 1290 g/mol. The lowest BCUT2D eigenvalue weighted by molar-refractivity contribution is -0.142. The number of aromatic nitrogens is 5. The second-order valence-electron chi connectivity index (χ2n) is 22.3. The van der Waals surface area contributed by atoms with Crippen molar-refractivity contribution in [3.05, 3.63) is 168 Å². The largest absolute Gasteiger partial charge is 0.497 e. The number of methoxy groups -OCH3 is 2. The molecule has 0 saturated carbocycles. The van der Waals surface area contributed by atoms with Gasteiger partial charge in [-0.2, -0.15) is 4.98 Å². The molecule has 4 heterocycles. The number of benzene rings is 5. The molecule has 5 aromatic carbocycles. The molecule has 3 aromatic heterocycles. The molecule has 0 bridgehead atoms. The highest BCUT2D eigenvalue weighted by Crippen LogP contribution is 2.56. The Hall–Kier alpha value is -11.1.